The van der Waals surface area contributed by atoms with Gasteiger partial charge in [0.2, 0.25) is 12.7 Å². The Balaban J connectivity index is 1.44. The molecule has 0 saturated carbocycles. The third kappa shape index (κ3) is 3.87. The summed E-state index contributed by atoms with van der Waals surface area (Å²) in [7, 11) is 0. The highest BCUT2D eigenvalue weighted by atomic mass is 16.7. The molecule has 7 heteroatoms. The largest absolute Gasteiger partial charge is 0.454 e. The van der Waals surface area contributed by atoms with E-state index in [1.807, 2.05) is 0 Å². The zero-order valence-corrected chi connectivity index (χ0v) is 14.8. The second kappa shape index (κ2) is 7.74. The van der Waals surface area contributed by atoms with Gasteiger partial charge >= 0.3 is 0 Å². The molecule has 0 atom stereocenters. The Morgan fingerprint density at radius 3 is 2.64 bits per heavy atom. The summed E-state index contributed by atoms with van der Waals surface area (Å²) in [6.07, 6.45) is 0. The molecule has 0 aliphatic carbocycles. The molecule has 3 rings (SSSR count). The molecule has 2 aliphatic rings. The van der Waals surface area contributed by atoms with Crippen molar-refractivity contribution in [3.8, 4) is 11.5 Å². The molecule has 1 aromatic rings. The van der Waals surface area contributed by atoms with E-state index in [1.165, 1.54) is 0 Å². The van der Waals surface area contributed by atoms with E-state index in [2.05, 4.69) is 24.1 Å². The molecule has 1 N–H and O–H groups in total. The van der Waals surface area contributed by atoms with E-state index in [0.29, 0.717) is 36.7 Å². The summed E-state index contributed by atoms with van der Waals surface area (Å²) in [5.74, 6) is 1.09. The SMILES string of the molecule is CCN(CC)CCNC(=O)C1CN(C(=O)c2ccc3c(c2)OCO3)C1. The number of hydrogen-bond donors (Lipinski definition) is 1. The average Bonchev–Trinajstić information content (AvgIpc) is 3.05. The van der Waals surface area contributed by atoms with Gasteiger partial charge in [0.25, 0.3) is 5.91 Å². The Bertz CT molecular complexity index is 639. The maximum Gasteiger partial charge on any atom is 0.254 e. The van der Waals surface area contributed by atoms with E-state index in [1.54, 1.807) is 23.1 Å². The van der Waals surface area contributed by atoms with Crippen LogP contribution in [-0.4, -0.2) is 67.7 Å². The molecule has 0 radical (unpaired) electrons. The van der Waals surface area contributed by atoms with Crippen molar-refractivity contribution in [2.24, 2.45) is 5.92 Å². The fraction of sp³-hybridized carbons (Fsp3) is 0.556. The Labute approximate surface area is 147 Å². The monoisotopic (exact) mass is 347 g/mol. The normalized spacial score (nSPS) is 16.0. The van der Waals surface area contributed by atoms with Gasteiger partial charge in [-0.15, -0.1) is 0 Å². The van der Waals surface area contributed by atoms with Crippen molar-refractivity contribution in [3.05, 3.63) is 23.8 Å². The summed E-state index contributed by atoms with van der Waals surface area (Å²) in [6.45, 7) is 8.79. The lowest BCUT2D eigenvalue weighted by Gasteiger charge is -2.38. The van der Waals surface area contributed by atoms with Crippen LogP contribution in [0.25, 0.3) is 0 Å². The van der Waals surface area contributed by atoms with Crippen molar-refractivity contribution in [3.63, 3.8) is 0 Å². The molecule has 0 spiro atoms. The summed E-state index contributed by atoms with van der Waals surface area (Å²) in [5, 5.41) is 2.96. The van der Waals surface area contributed by atoms with Crippen LogP contribution in [0.2, 0.25) is 0 Å². The molecule has 0 bridgehead atoms. The number of likely N-dealkylation sites (tertiary alicyclic amines) is 1. The van der Waals surface area contributed by atoms with Crippen molar-refractivity contribution < 1.29 is 19.1 Å². The van der Waals surface area contributed by atoms with E-state index in [4.69, 9.17) is 9.47 Å². The molecule has 0 unspecified atom stereocenters. The molecule has 2 aliphatic heterocycles. The molecule has 25 heavy (non-hydrogen) atoms. The van der Waals surface area contributed by atoms with E-state index in [9.17, 15) is 9.59 Å². The van der Waals surface area contributed by atoms with Crippen LogP contribution in [0.15, 0.2) is 18.2 Å². The first-order valence-corrected chi connectivity index (χ1v) is 8.81. The van der Waals surface area contributed by atoms with Gasteiger partial charge in [0, 0.05) is 31.7 Å². The first-order chi connectivity index (χ1) is 12.1. The van der Waals surface area contributed by atoms with E-state index in [0.717, 1.165) is 19.6 Å². The minimum absolute atomic E-state index is 0.0295. The van der Waals surface area contributed by atoms with E-state index >= 15 is 0 Å². The van der Waals surface area contributed by atoms with Crippen LogP contribution in [0.4, 0.5) is 0 Å². The first kappa shape index (κ1) is 17.5. The Morgan fingerprint density at radius 2 is 1.92 bits per heavy atom. The summed E-state index contributed by atoms with van der Waals surface area (Å²) < 4.78 is 10.6. The van der Waals surface area contributed by atoms with Crippen LogP contribution in [-0.2, 0) is 4.79 Å². The number of fused-ring (bicyclic) bond motifs is 1. The lowest BCUT2D eigenvalue weighted by atomic mass is 9.97. The minimum atomic E-state index is -0.116. The molecular formula is C18H25N3O4. The maximum atomic E-state index is 12.5. The van der Waals surface area contributed by atoms with Crippen molar-refractivity contribution in [2.75, 3.05) is 46.1 Å². The predicted molar refractivity (Wildman–Crippen MR) is 92.8 cm³/mol. The smallest absolute Gasteiger partial charge is 0.254 e. The number of carbonyl (C=O) groups excluding carboxylic acids is 2. The molecule has 136 valence electrons. The second-order valence-electron chi connectivity index (χ2n) is 6.29. The highest BCUT2D eigenvalue weighted by molar-refractivity contribution is 5.96. The number of amides is 2. The third-order valence-corrected chi connectivity index (χ3v) is 4.78. The van der Waals surface area contributed by atoms with Crippen molar-refractivity contribution in [1.29, 1.82) is 0 Å². The zero-order valence-electron chi connectivity index (χ0n) is 14.8. The standard InChI is InChI=1S/C18H25N3O4/c1-3-20(4-2)8-7-19-17(22)14-10-21(11-14)18(23)13-5-6-15-16(9-13)25-12-24-15/h5-6,9,14H,3-4,7-8,10-12H2,1-2H3,(H,19,22). The van der Waals surface area contributed by atoms with E-state index in [-0.39, 0.29) is 24.5 Å². The number of rotatable bonds is 7. The van der Waals surface area contributed by atoms with Gasteiger partial charge in [-0.2, -0.15) is 0 Å². The third-order valence-electron chi connectivity index (χ3n) is 4.78. The van der Waals surface area contributed by atoms with Crippen molar-refractivity contribution in [2.45, 2.75) is 13.8 Å². The zero-order chi connectivity index (χ0) is 17.8. The molecular weight excluding hydrogens is 322 g/mol. The Hall–Kier alpha value is -2.28. The van der Waals surface area contributed by atoms with Crippen molar-refractivity contribution >= 4 is 11.8 Å². The van der Waals surface area contributed by atoms with Crippen LogP contribution in [0.5, 0.6) is 11.5 Å². The molecule has 7 nitrogen and oxygen atoms in total. The number of hydrogen-bond acceptors (Lipinski definition) is 5. The highest BCUT2D eigenvalue weighted by Crippen LogP contribution is 2.33. The number of likely N-dealkylation sites (N-methyl/N-ethyl adjacent to an activating group) is 1. The van der Waals surface area contributed by atoms with Gasteiger partial charge < -0.3 is 24.6 Å². The fourth-order valence-corrected chi connectivity index (χ4v) is 3.04. The molecule has 1 saturated heterocycles. The molecule has 2 amide bonds. The van der Waals surface area contributed by atoms with Gasteiger partial charge in [-0.1, -0.05) is 13.8 Å². The van der Waals surface area contributed by atoms with Gasteiger partial charge in [-0.3, -0.25) is 9.59 Å². The number of nitrogens with one attached hydrogen (secondary N) is 1. The lowest BCUT2D eigenvalue weighted by molar-refractivity contribution is -0.129. The maximum absolute atomic E-state index is 12.5. The number of ether oxygens (including phenoxy) is 2. The quantitative estimate of drug-likeness (QED) is 0.795. The number of carbonyl (C=O) groups is 2. The minimum Gasteiger partial charge on any atom is -0.454 e. The van der Waals surface area contributed by atoms with Gasteiger partial charge in [0.15, 0.2) is 11.5 Å². The predicted octanol–water partition coefficient (Wildman–Crippen LogP) is 0.945. The van der Waals surface area contributed by atoms with Crippen LogP contribution < -0.4 is 14.8 Å². The summed E-state index contributed by atoms with van der Waals surface area (Å²) >= 11 is 0. The topological polar surface area (TPSA) is 71.1 Å². The summed E-state index contributed by atoms with van der Waals surface area (Å²) in [6, 6.07) is 5.17. The summed E-state index contributed by atoms with van der Waals surface area (Å²) in [4.78, 5) is 28.6. The lowest BCUT2D eigenvalue weighted by Crippen LogP contribution is -2.56. The van der Waals surface area contributed by atoms with Crippen LogP contribution in [0.3, 0.4) is 0 Å². The van der Waals surface area contributed by atoms with Crippen molar-refractivity contribution in [1.82, 2.24) is 15.1 Å². The Kier molecular flexibility index (Phi) is 5.43. The molecule has 0 aromatic heterocycles. The van der Waals surface area contributed by atoms with Gasteiger partial charge in [-0.05, 0) is 31.3 Å². The van der Waals surface area contributed by atoms with Gasteiger partial charge in [0.05, 0.1) is 5.92 Å². The molecule has 1 aromatic carbocycles. The number of benzene rings is 1. The van der Waals surface area contributed by atoms with Gasteiger partial charge in [-0.25, -0.2) is 0 Å². The average molecular weight is 347 g/mol. The first-order valence-electron chi connectivity index (χ1n) is 8.81. The van der Waals surface area contributed by atoms with Gasteiger partial charge in [0.1, 0.15) is 0 Å². The fourth-order valence-electron chi connectivity index (χ4n) is 3.04. The molecule has 2 heterocycles. The van der Waals surface area contributed by atoms with Crippen LogP contribution in [0.1, 0.15) is 24.2 Å². The summed E-state index contributed by atoms with van der Waals surface area (Å²) in [5.41, 5.74) is 0.560. The Morgan fingerprint density at radius 1 is 1.20 bits per heavy atom. The van der Waals surface area contributed by atoms with Crippen LogP contribution >= 0.6 is 0 Å². The van der Waals surface area contributed by atoms with Crippen LogP contribution in [0, 0.1) is 5.92 Å². The van der Waals surface area contributed by atoms with E-state index < -0.39 is 0 Å². The number of nitrogens with zero attached hydrogens (tertiary/aromatic N) is 2. The second-order valence-corrected chi connectivity index (χ2v) is 6.29. The molecule has 1 fully saturated rings. The highest BCUT2D eigenvalue weighted by Gasteiger charge is 2.36.